The lowest BCUT2D eigenvalue weighted by molar-refractivity contribution is -0.127. The van der Waals surface area contributed by atoms with Gasteiger partial charge in [0, 0.05) is 17.4 Å². The first kappa shape index (κ1) is 17.8. The average molecular weight is 347 g/mol. The van der Waals surface area contributed by atoms with Gasteiger partial charge in [0.05, 0.1) is 12.3 Å². The maximum atomic E-state index is 12.4. The second-order valence-electron chi connectivity index (χ2n) is 6.00. The standard InChI is InChI=1S/C21H21N3O2/c1-15(26-14-17-7-4-3-5-8-17)21(25)24-19-10-6-9-18(13-19)20-11-12-22-16(2)23-20/h3-13,15H,14H2,1-2H3,(H,24,25)/t15-/m1/s1. The minimum atomic E-state index is -0.555. The smallest absolute Gasteiger partial charge is 0.253 e. The molecule has 1 aromatic heterocycles. The molecular formula is C21H21N3O2. The van der Waals surface area contributed by atoms with Gasteiger partial charge < -0.3 is 10.1 Å². The van der Waals surface area contributed by atoms with Gasteiger partial charge in [-0.15, -0.1) is 0 Å². The van der Waals surface area contributed by atoms with Gasteiger partial charge in [0.15, 0.2) is 0 Å². The van der Waals surface area contributed by atoms with Crippen LogP contribution in [0.25, 0.3) is 11.3 Å². The molecule has 0 fully saturated rings. The van der Waals surface area contributed by atoms with Gasteiger partial charge in [-0.25, -0.2) is 9.97 Å². The summed E-state index contributed by atoms with van der Waals surface area (Å²) in [6.45, 7) is 3.99. The van der Waals surface area contributed by atoms with Crippen molar-refractivity contribution in [3.8, 4) is 11.3 Å². The van der Waals surface area contributed by atoms with E-state index in [9.17, 15) is 4.79 Å². The number of ether oxygens (including phenoxy) is 1. The Morgan fingerprint density at radius 3 is 2.69 bits per heavy atom. The molecule has 3 aromatic rings. The summed E-state index contributed by atoms with van der Waals surface area (Å²) in [6.07, 6.45) is 1.17. The molecular weight excluding hydrogens is 326 g/mol. The molecule has 0 radical (unpaired) electrons. The quantitative estimate of drug-likeness (QED) is 0.732. The van der Waals surface area contributed by atoms with Crippen LogP contribution >= 0.6 is 0 Å². The first-order valence-corrected chi connectivity index (χ1v) is 8.48. The molecule has 1 N–H and O–H groups in total. The fourth-order valence-corrected chi connectivity index (χ4v) is 2.49. The van der Waals surface area contributed by atoms with Gasteiger partial charge in [-0.1, -0.05) is 42.5 Å². The SMILES string of the molecule is Cc1nccc(-c2cccc(NC(=O)[C@@H](C)OCc3ccccc3)c2)n1. The lowest BCUT2D eigenvalue weighted by Crippen LogP contribution is -2.27. The van der Waals surface area contributed by atoms with Crippen molar-refractivity contribution in [3.63, 3.8) is 0 Å². The van der Waals surface area contributed by atoms with Crippen LogP contribution in [0.3, 0.4) is 0 Å². The summed E-state index contributed by atoms with van der Waals surface area (Å²) < 4.78 is 5.66. The number of rotatable bonds is 6. The van der Waals surface area contributed by atoms with Crippen molar-refractivity contribution in [3.05, 3.63) is 78.2 Å². The molecule has 1 heterocycles. The van der Waals surface area contributed by atoms with E-state index < -0.39 is 6.10 Å². The van der Waals surface area contributed by atoms with Crippen LogP contribution in [-0.2, 0) is 16.1 Å². The second-order valence-corrected chi connectivity index (χ2v) is 6.00. The molecule has 1 atom stereocenters. The number of benzene rings is 2. The Balaban J connectivity index is 1.63. The topological polar surface area (TPSA) is 64.1 Å². The fourth-order valence-electron chi connectivity index (χ4n) is 2.49. The van der Waals surface area contributed by atoms with E-state index in [1.165, 1.54) is 0 Å². The molecule has 0 spiro atoms. The summed E-state index contributed by atoms with van der Waals surface area (Å²) in [5, 5.41) is 2.90. The summed E-state index contributed by atoms with van der Waals surface area (Å²) in [6, 6.07) is 19.2. The average Bonchev–Trinajstić information content (AvgIpc) is 2.67. The molecule has 0 saturated carbocycles. The van der Waals surface area contributed by atoms with Crippen LogP contribution in [0, 0.1) is 6.92 Å². The van der Waals surface area contributed by atoms with Crippen molar-refractivity contribution in [1.29, 1.82) is 0 Å². The Labute approximate surface area is 153 Å². The molecule has 5 nitrogen and oxygen atoms in total. The van der Waals surface area contributed by atoms with Crippen LogP contribution in [0.5, 0.6) is 0 Å². The summed E-state index contributed by atoms with van der Waals surface area (Å²) in [4.78, 5) is 20.9. The highest BCUT2D eigenvalue weighted by atomic mass is 16.5. The zero-order chi connectivity index (χ0) is 18.4. The maximum Gasteiger partial charge on any atom is 0.253 e. The van der Waals surface area contributed by atoms with Crippen LogP contribution in [0.4, 0.5) is 5.69 Å². The molecule has 5 heteroatoms. The molecule has 132 valence electrons. The number of anilines is 1. The largest absolute Gasteiger partial charge is 0.364 e. The number of hydrogen-bond donors (Lipinski definition) is 1. The van der Waals surface area contributed by atoms with Gasteiger partial charge in [-0.3, -0.25) is 4.79 Å². The predicted octanol–water partition coefficient (Wildman–Crippen LogP) is 4.00. The van der Waals surface area contributed by atoms with E-state index in [2.05, 4.69) is 15.3 Å². The lowest BCUT2D eigenvalue weighted by Gasteiger charge is -2.14. The van der Waals surface area contributed by atoms with Gasteiger partial charge in [0.1, 0.15) is 11.9 Å². The molecule has 0 aliphatic rings. The molecule has 0 unspecified atom stereocenters. The van der Waals surface area contributed by atoms with E-state index >= 15 is 0 Å². The number of carbonyl (C=O) groups is 1. The molecule has 0 aliphatic carbocycles. The first-order chi connectivity index (χ1) is 12.6. The monoisotopic (exact) mass is 347 g/mol. The number of nitrogens with zero attached hydrogens (tertiary/aromatic N) is 2. The Hall–Kier alpha value is -3.05. The number of hydrogen-bond acceptors (Lipinski definition) is 4. The van der Waals surface area contributed by atoms with E-state index in [0.717, 1.165) is 16.8 Å². The number of nitrogens with one attached hydrogen (secondary N) is 1. The summed E-state index contributed by atoms with van der Waals surface area (Å²) in [5.41, 5.74) is 3.49. The minimum Gasteiger partial charge on any atom is -0.364 e. The molecule has 1 amide bonds. The highest BCUT2D eigenvalue weighted by Gasteiger charge is 2.14. The van der Waals surface area contributed by atoms with Crippen LogP contribution in [0.15, 0.2) is 66.9 Å². The third-order valence-electron chi connectivity index (χ3n) is 3.91. The third-order valence-corrected chi connectivity index (χ3v) is 3.91. The molecule has 26 heavy (non-hydrogen) atoms. The zero-order valence-corrected chi connectivity index (χ0v) is 14.8. The van der Waals surface area contributed by atoms with E-state index in [4.69, 9.17) is 4.74 Å². The van der Waals surface area contributed by atoms with Crippen molar-refractivity contribution in [2.45, 2.75) is 26.6 Å². The van der Waals surface area contributed by atoms with Gasteiger partial charge >= 0.3 is 0 Å². The lowest BCUT2D eigenvalue weighted by atomic mass is 10.1. The maximum absolute atomic E-state index is 12.4. The Morgan fingerprint density at radius 2 is 1.92 bits per heavy atom. The van der Waals surface area contributed by atoms with Crippen molar-refractivity contribution in [2.75, 3.05) is 5.32 Å². The van der Waals surface area contributed by atoms with Crippen molar-refractivity contribution < 1.29 is 9.53 Å². The van der Waals surface area contributed by atoms with Crippen LogP contribution in [0.1, 0.15) is 18.3 Å². The van der Waals surface area contributed by atoms with Crippen LogP contribution < -0.4 is 5.32 Å². The molecule has 0 bridgehead atoms. The number of aryl methyl sites for hydroxylation is 1. The highest BCUT2D eigenvalue weighted by Crippen LogP contribution is 2.21. The Bertz CT molecular complexity index is 881. The van der Waals surface area contributed by atoms with Gasteiger partial charge in [-0.2, -0.15) is 0 Å². The first-order valence-electron chi connectivity index (χ1n) is 8.48. The third kappa shape index (κ3) is 4.74. The molecule has 0 saturated heterocycles. The summed E-state index contributed by atoms with van der Waals surface area (Å²) in [7, 11) is 0. The Morgan fingerprint density at radius 1 is 1.12 bits per heavy atom. The molecule has 3 rings (SSSR count). The van der Waals surface area contributed by atoms with Crippen LogP contribution in [0.2, 0.25) is 0 Å². The number of amides is 1. The van der Waals surface area contributed by atoms with Crippen molar-refractivity contribution in [2.24, 2.45) is 0 Å². The second kappa shape index (κ2) is 8.36. The summed E-state index contributed by atoms with van der Waals surface area (Å²) in [5.74, 6) is 0.525. The van der Waals surface area contributed by atoms with Gasteiger partial charge in [0.25, 0.3) is 5.91 Å². The number of aromatic nitrogens is 2. The molecule has 0 aliphatic heterocycles. The predicted molar refractivity (Wildman–Crippen MR) is 102 cm³/mol. The fraction of sp³-hybridized carbons (Fsp3) is 0.190. The van der Waals surface area contributed by atoms with Gasteiger partial charge in [0.2, 0.25) is 0 Å². The van der Waals surface area contributed by atoms with Crippen molar-refractivity contribution >= 4 is 11.6 Å². The summed E-state index contributed by atoms with van der Waals surface area (Å²) >= 11 is 0. The highest BCUT2D eigenvalue weighted by molar-refractivity contribution is 5.94. The van der Waals surface area contributed by atoms with Crippen LogP contribution in [-0.4, -0.2) is 22.0 Å². The van der Waals surface area contributed by atoms with E-state index in [1.807, 2.05) is 67.6 Å². The van der Waals surface area contributed by atoms with E-state index in [0.29, 0.717) is 18.1 Å². The van der Waals surface area contributed by atoms with E-state index in [-0.39, 0.29) is 5.91 Å². The minimum absolute atomic E-state index is 0.183. The van der Waals surface area contributed by atoms with Gasteiger partial charge in [-0.05, 0) is 37.6 Å². The zero-order valence-electron chi connectivity index (χ0n) is 14.8. The van der Waals surface area contributed by atoms with E-state index in [1.54, 1.807) is 13.1 Å². The normalized spacial score (nSPS) is 11.8. The van der Waals surface area contributed by atoms with Crippen molar-refractivity contribution in [1.82, 2.24) is 9.97 Å². The Kier molecular flexibility index (Phi) is 5.71. The number of carbonyl (C=O) groups excluding carboxylic acids is 1. The molecule has 2 aromatic carbocycles.